The van der Waals surface area contributed by atoms with Gasteiger partial charge in [0.05, 0.1) is 5.39 Å². The molecule has 1 aliphatic rings. The quantitative estimate of drug-likeness (QED) is 0.694. The van der Waals surface area contributed by atoms with Gasteiger partial charge in [-0.25, -0.2) is 4.98 Å². The van der Waals surface area contributed by atoms with Gasteiger partial charge in [-0.05, 0) is 44.9 Å². The minimum Gasteiger partial charge on any atom is -0.438 e. The second-order valence-corrected chi connectivity index (χ2v) is 7.49. The number of fused-ring (bicyclic) bond motifs is 1. The van der Waals surface area contributed by atoms with Crippen LogP contribution in [0.25, 0.3) is 10.2 Å². The molecule has 6 heteroatoms. The van der Waals surface area contributed by atoms with Crippen molar-refractivity contribution in [2.45, 2.75) is 33.6 Å². The van der Waals surface area contributed by atoms with Crippen LogP contribution in [0.15, 0.2) is 24.3 Å². The van der Waals surface area contributed by atoms with Crippen LogP contribution in [-0.2, 0) is 4.79 Å². The number of amides is 1. The molecule has 25 heavy (non-hydrogen) atoms. The number of ether oxygens (including phenoxy) is 1. The molecule has 0 aliphatic carbocycles. The van der Waals surface area contributed by atoms with E-state index < -0.39 is 0 Å². The van der Waals surface area contributed by atoms with Gasteiger partial charge < -0.3 is 9.64 Å². The first-order valence-corrected chi connectivity index (χ1v) is 9.17. The van der Waals surface area contributed by atoms with E-state index in [0.717, 1.165) is 34.4 Å². The van der Waals surface area contributed by atoms with Crippen molar-refractivity contribution in [2.24, 2.45) is 0 Å². The van der Waals surface area contributed by atoms with Gasteiger partial charge in [0.1, 0.15) is 16.4 Å². The lowest BCUT2D eigenvalue weighted by molar-refractivity contribution is -0.117. The SMILES string of the molecule is Cc1nc(Oc2cccc(N3CCCC3=O)c2)c2c(C)c(C)sc2n1. The van der Waals surface area contributed by atoms with Crippen molar-refractivity contribution in [1.29, 1.82) is 0 Å². The highest BCUT2D eigenvalue weighted by molar-refractivity contribution is 7.18. The van der Waals surface area contributed by atoms with E-state index in [1.165, 1.54) is 4.88 Å². The maximum absolute atomic E-state index is 12.0. The van der Waals surface area contributed by atoms with Gasteiger partial charge in [-0.1, -0.05) is 6.07 Å². The molecule has 3 heterocycles. The topological polar surface area (TPSA) is 55.3 Å². The van der Waals surface area contributed by atoms with Crippen LogP contribution in [-0.4, -0.2) is 22.4 Å². The molecule has 3 aromatic rings. The molecule has 2 aromatic heterocycles. The van der Waals surface area contributed by atoms with Gasteiger partial charge in [0.25, 0.3) is 0 Å². The standard InChI is InChI=1S/C19H19N3O2S/c1-11-12(2)25-19-17(11)18(20-13(3)21-19)24-15-7-4-6-14(10-15)22-9-5-8-16(22)23/h4,6-7,10H,5,8-9H2,1-3H3. The number of carbonyl (C=O) groups is 1. The van der Waals surface area contributed by atoms with Crippen LogP contribution >= 0.6 is 11.3 Å². The molecule has 5 nitrogen and oxygen atoms in total. The Morgan fingerprint density at radius 1 is 1.20 bits per heavy atom. The Labute approximate surface area is 150 Å². The summed E-state index contributed by atoms with van der Waals surface area (Å²) < 4.78 is 6.12. The molecule has 1 fully saturated rings. The summed E-state index contributed by atoms with van der Waals surface area (Å²) in [4.78, 5) is 25.0. The van der Waals surface area contributed by atoms with Crippen molar-refractivity contribution in [3.8, 4) is 11.6 Å². The Balaban J connectivity index is 1.73. The molecular formula is C19H19N3O2S. The smallest absolute Gasteiger partial charge is 0.231 e. The summed E-state index contributed by atoms with van der Waals surface area (Å²) >= 11 is 1.66. The molecule has 1 aromatic carbocycles. The molecule has 0 radical (unpaired) electrons. The van der Waals surface area contributed by atoms with Gasteiger partial charge in [-0.15, -0.1) is 11.3 Å². The lowest BCUT2D eigenvalue weighted by Gasteiger charge is -2.16. The van der Waals surface area contributed by atoms with Crippen LogP contribution < -0.4 is 9.64 Å². The molecule has 1 amide bonds. The first-order valence-electron chi connectivity index (χ1n) is 8.35. The highest BCUT2D eigenvalue weighted by Gasteiger charge is 2.22. The van der Waals surface area contributed by atoms with E-state index in [9.17, 15) is 4.79 Å². The molecule has 1 saturated heterocycles. The predicted octanol–water partition coefficient (Wildman–Crippen LogP) is 4.54. The van der Waals surface area contributed by atoms with Crippen molar-refractivity contribution in [3.63, 3.8) is 0 Å². The molecule has 1 aliphatic heterocycles. The Kier molecular flexibility index (Phi) is 3.92. The number of thiophene rings is 1. The largest absolute Gasteiger partial charge is 0.438 e. The number of aromatic nitrogens is 2. The Hall–Kier alpha value is -2.47. The van der Waals surface area contributed by atoms with Crippen LogP contribution in [0.5, 0.6) is 11.6 Å². The fourth-order valence-corrected chi connectivity index (χ4v) is 4.20. The number of aryl methyl sites for hydroxylation is 3. The molecule has 0 atom stereocenters. The van der Waals surface area contributed by atoms with Crippen LogP contribution in [0.1, 0.15) is 29.1 Å². The number of hydrogen-bond donors (Lipinski definition) is 0. The number of carbonyl (C=O) groups excluding carboxylic acids is 1. The van der Waals surface area contributed by atoms with Crippen molar-refractivity contribution in [2.75, 3.05) is 11.4 Å². The van der Waals surface area contributed by atoms with Gasteiger partial charge >= 0.3 is 0 Å². The first-order chi connectivity index (χ1) is 12.0. The zero-order valence-electron chi connectivity index (χ0n) is 14.5. The third kappa shape index (κ3) is 2.87. The molecule has 0 bridgehead atoms. The van der Waals surface area contributed by atoms with E-state index in [-0.39, 0.29) is 5.91 Å². The van der Waals surface area contributed by atoms with Crippen LogP contribution in [0.3, 0.4) is 0 Å². The van der Waals surface area contributed by atoms with Gasteiger partial charge in [-0.2, -0.15) is 4.98 Å². The summed E-state index contributed by atoms with van der Waals surface area (Å²) in [7, 11) is 0. The Morgan fingerprint density at radius 3 is 2.80 bits per heavy atom. The molecule has 0 unspecified atom stereocenters. The summed E-state index contributed by atoms with van der Waals surface area (Å²) in [5.74, 6) is 2.12. The first kappa shape index (κ1) is 16.0. The highest BCUT2D eigenvalue weighted by Crippen LogP contribution is 2.37. The van der Waals surface area contributed by atoms with E-state index in [1.807, 2.05) is 36.1 Å². The second-order valence-electron chi connectivity index (χ2n) is 6.29. The molecule has 0 spiro atoms. The molecule has 0 saturated carbocycles. The predicted molar refractivity (Wildman–Crippen MR) is 99.7 cm³/mol. The molecular weight excluding hydrogens is 334 g/mol. The van der Waals surface area contributed by atoms with E-state index in [1.54, 1.807) is 11.3 Å². The Bertz CT molecular complexity index is 980. The minimum absolute atomic E-state index is 0.168. The van der Waals surface area contributed by atoms with E-state index in [2.05, 4.69) is 23.8 Å². The summed E-state index contributed by atoms with van der Waals surface area (Å²) in [5, 5.41) is 0.968. The van der Waals surface area contributed by atoms with Crippen molar-refractivity contribution in [3.05, 3.63) is 40.5 Å². The van der Waals surface area contributed by atoms with Crippen molar-refractivity contribution >= 4 is 33.1 Å². The zero-order chi connectivity index (χ0) is 17.6. The highest BCUT2D eigenvalue weighted by atomic mass is 32.1. The molecule has 128 valence electrons. The zero-order valence-corrected chi connectivity index (χ0v) is 15.3. The average Bonchev–Trinajstić information content (AvgIpc) is 3.11. The number of nitrogens with zero attached hydrogens (tertiary/aromatic N) is 3. The Morgan fingerprint density at radius 2 is 2.04 bits per heavy atom. The maximum Gasteiger partial charge on any atom is 0.231 e. The molecule has 4 rings (SSSR count). The third-order valence-electron chi connectivity index (χ3n) is 4.52. The van der Waals surface area contributed by atoms with Gasteiger partial charge in [-0.3, -0.25) is 4.79 Å². The van der Waals surface area contributed by atoms with Gasteiger partial charge in [0.15, 0.2) is 0 Å². The average molecular weight is 353 g/mol. The monoisotopic (exact) mass is 353 g/mol. The van der Waals surface area contributed by atoms with Crippen LogP contribution in [0.2, 0.25) is 0 Å². The van der Waals surface area contributed by atoms with E-state index in [0.29, 0.717) is 23.9 Å². The summed E-state index contributed by atoms with van der Waals surface area (Å²) in [6.45, 7) is 6.79. The summed E-state index contributed by atoms with van der Waals surface area (Å²) in [5.41, 5.74) is 2.03. The summed E-state index contributed by atoms with van der Waals surface area (Å²) in [6, 6.07) is 7.65. The molecule has 0 N–H and O–H groups in total. The lowest BCUT2D eigenvalue weighted by Crippen LogP contribution is -2.23. The number of hydrogen-bond acceptors (Lipinski definition) is 5. The number of benzene rings is 1. The summed E-state index contributed by atoms with van der Waals surface area (Å²) in [6.07, 6.45) is 1.52. The third-order valence-corrected chi connectivity index (χ3v) is 5.63. The van der Waals surface area contributed by atoms with Gasteiger partial charge in [0.2, 0.25) is 11.8 Å². The number of rotatable bonds is 3. The number of anilines is 1. The van der Waals surface area contributed by atoms with Crippen molar-refractivity contribution in [1.82, 2.24) is 9.97 Å². The fourth-order valence-electron chi connectivity index (χ4n) is 3.14. The minimum atomic E-state index is 0.168. The lowest BCUT2D eigenvalue weighted by atomic mass is 10.2. The normalized spacial score (nSPS) is 14.5. The maximum atomic E-state index is 12.0. The van der Waals surface area contributed by atoms with Crippen molar-refractivity contribution < 1.29 is 9.53 Å². The van der Waals surface area contributed by atoms with Crippen LogP contribution in [0, 0.1) is 20.8 Å². The fraction of sp³-hybridized carbons (Fsp3) is 0.316. The van der Waals surface area contributed by atoms with E-state index >= 15 is 0 Å². The van der Waals surface area contributed by atoms with Gasteiger partial charge in [0, 0.05) is 29.6 Å². The van der Waals surface area contributed by atoms with Crippen LogP contribution in [0.4, 0.5) is 5.69 Å². The van der Waals surface area contributed by atoms with E-state index in [4.69, 9.17) is 4.74 Å². The second kappa shape index (κ2) is 6.11.